The monoisotopic (exact) mass is 297 g/mol. The number of aromatic nitrogens is 3. The Morgan fingerprint density at radius 3 is 2.68 bits per heavy atom. The van der Waals surface area contributed by atoms with Gasteiger partial charge in [-0.2, -0.15) is 0 Å². The molecular formula is C18H20FN3. The number of halogens is 1. The first kappa shape index (κ1) is 14.7. The maximum atomic E-state index is 13.4. The van der Waals surface area contributed by atoms with Crippen molar-refractivity contribution in [3.05, 3.63) is 59.8 Å². The highest BCUT2D eigenvalue weighted by Crippen LogP contribution is 2.23. The van der Waals surface area contributed by atoms with E-state index in [1.165, 1.54) is 6.07 Å². The maximum Gasteiger partial charge on any atom is 0.160 e. The molecule has 3 nitrogen and oxygen atoms in total. The van der Waals surface area contributed by atoms with Crippen molar-refractivity contribution in [1.29, 1.82) is 0 Å². The number of imidazole rings is 1. The van der Waals surface area contributed by atoms with Gasteiger partial charge >= 0.3 is 0 Å². The number of hydrogen-bond donors (Lipinski definition) is 0. The van der Waals surface area contributed by atoms with Crippen LogP contribution >= 0.6 is 0 Å². The van der Waals surface area contributed by atoms with Crippen LogP contribution < -0.4 is 0 Å². The van der Waals surface area contributed by atoms with Gasteiger partial charge in [0, 0.05) is 19.2 Å². The van der Waals surface area contributed by atoms with Crippen LogP contribution in [0.1, 0.15) is 32.2 Å². The van der Waals surface area contributed by atoms with Crippen molar-refractivity contribution in [1.82, 2.24) is 14.5 Å². The van der Waals surface area contributed by atoms with E-state index in [0.29, 0.717) is 6.42 Å². The molecule has 0 unspecified atom stereocenters. The molecule has 3 aromatic rings. The molecule has 3 rings (SSSR count). The van der Waals surface area contributed by atoms with Crippen LogP contribution in [-0.2, 0) is 13.0 Å². The number of benzene rings is 1. The van der Waals surface area contributed by atoms with Crippen molar-refractivity contribution >= 4 is 11.2 Å². The SMILES string of the molecule is CC(C)(C)Cn1c(Cc2cccc(F)c2)nc2cccnc21. The van der Waals surface area contributed by atoms with Gasteiger partial charge in [0.1, 0.15) is 17.2 Å². The zero-order valence-electron chi connectivity index (χ0n) is 13.2. The molecule has 22 heavy (non-hydrogen) atoms. The second-order valence-electron chi connectivity index (χ2n) is 6.83. The Morgan fingerprint density at radius 2 is 1.95 bits per heavy atom. The highest BCUT2D eigenvalue weighted by Gasteiger charge is 2.18. The molecule has 2 heterocycles. The Labute approximate surface area is 129 Å². The van der Waals surface area contributed by atoms with E-state index in [2.05, 4.69) is 30.3 Å². The Kier molecular flexibility index (Phi) is 3.69. The second-order valence-corrected chi connectivity index (χ2v) is 6.83. The molecule has 114 valence electrons. The van der Waals surface area contributed by atoms with Gasteiger partial charge in [-0.1, -0.05) is 32.9 Å². The van der Waals surface area contributed by atoms with Gasteiger partial charge in [-0.15, -0.1) is 0 Å². The molecule has 0 N–H and O–H groups in total. The third kappa shape index (κ3) is 3.16. The minimum atomic E-state index is -0.214. The molecular weight excluding hydrogens is 277 g/mol. The van der Waals surface area contributed by atoms with Crippen molar-refractivity contribution in [2.75, 3.05) is 0 Å². The summed E-state index contributed by atoms with van der Waals surface area (Å²) in [4.78, 5) is 9.17. The average Bonchev–Trinajstić information content (AvgIpc) is 2.75. The van der Waals surface area contributed by atoms with Gasteiger partial charge in [-0.05, 0) is 35.2 Å². The Hall–Kier alpha value is -2.23. The molecule has 0 amide bonds. The Balaban J connectivity index is 2.06. The van der Waals surface area contributed by atoms with Crippen LogP contribution in [0.5, 0.6) is 0 Å². The van der Waals surface area contributed by atoms with E-state index in [4.69, 9.17) is 4.98 Å². The summed E-state index contributed by atoms with van der Waals surface area (Å²) in [6.07, 6.45) is 2.39. The molecule has 2 aromatic heterocycles. The van der Waals surface area contributed by atoms with Gasteiger partial charge < -0.3 is 4.57 Å². The zero-order valence-corrected chi connectivity index (χ0v) is 13.2. The molecule has 0 aliphatic carbocycles. The predicted octanol–water partition coefficient (Wildman–Crippen LogP) is 4.21. The standard InChI is InChI=1S/C18H20FN3/c1-18(2,3)12-22-16(11-13-6-4-7-14(19)10-13)21-15-8-5-9-20-17(15)22/h4-10H,11-12H2,1-3H3. The predicted molar refractivity (Wildman–Crippen MR) is 86.2 cm³/mol. The van der Waals surface area contributed by atoms with Crippen LogP contribution in [-0.4, -0.2) is 14.5 Å². The Morgan fingerprint density at radius 1 is 1.14 bits per heavy atom. The largest absolute Gasteiger partial charge is 0.312 e. The fraction of sp³-hybridized carbons (Fsp3) is 0.333. The van der Waals surface area contributed by atoms with Crippen LogP contribution in [0.25, 0.3) is 11.2 Å². The number of rotatable bonds is 3. The fourth-order valence-electron chi connectivity index (χ4n) is 2.61. The summed E-state index contributed by atoms with van der Waals surface area (Å²) in [5, 5.41) is 0. The summed E-state index contributed by atoms with van der Waals surface area (Å²) in [6.45, 7) is 7.39. The molecule has 1 aromatic carbocycles. The van der Waals surface area contributed by atoms with E-state index >= 15 is 0 Å². The number of nitrogens with zero attached hydrogens (tertiary/aromatic N) is 3. The van der Waals surface area contributed by atoms with Crippen molar-refractivity contribution in [2.24, 2.45) is 5.41 Å². The average molecular weight is 297 g/mol. The first-order valence-corrected chi connectivity index (χ1v) is 7.47. The van der Waals surface area contributed by atoms with Crippen molar-refractivity contribution in [3.8, 4) is 0 Å². The van der Waals surface area contributed by atoms with Crippen molar-refractivity contribution in [2.45, 2.75) is 33.7 Å². The van der Waals surface area contributed by atoms with Crippen LogP contribution in [0.3, 0.4) is 0 Å². The lowest BCUT2D eigenvalue weighted by atomic mass is 9.96. The summed E-state index contributed by atoms with van der Waals surface area (Å²) in [6, 6.07) is 10.5. The van der Waals surface area contributed by atoms with Crippen LogP contribution in [0.15, 0.2) is 42.6 Å². The number of fused-ring (bicyclic) bond motifs is 1. The highest BCUT2D eigenvalue weighted by molar-refractivity contribution is 5.71. The van der Waals surface area contributed by atoms with E-state index in [-0.39, 0.29) is 11.2 Å². The lowest BCUT2D eigenvalue weighted by molar-refractivity contribution is 0.343. The smallest absolute Gasteiger partial charge is 0.160 e. The van der Waals surface area contributed by atoms with Gasteiger partial charge in [0.25, 0.3) is 0 Å². The molecule has 0 aliphatic rings. The number of hydrogen-bond acceptors (Lipinski definition) is 2. The lowest BCUT2D eigenvalue weighted by Crippen LogP contribution is -2.18. The molecule has 0 aliphatic heterocycles. The summed E-state index contributed by atoms with van der Waals surface area (Å²) in [7, 11) is 0. The van der Waals surface area contributed by atoms with Gasteiger partial charge in [-0.3, -0.25) is 0 Å². The van der Waals surface area contributed by atoms with E-state index in [1.807, 2.05) is 18.2 Å². The van der Waals surface area contributed by atoms with Crippen LogP contribution in [0.2, 0.25) is 0 Å². The summed E-state index contributed by atoms with van der Waals surface area (Å²) >= 11 is 0. The van der Waals surface area contributed by atoms with Crippen LogP contribution in [0, 0.1) is 11.2 Å². The minimum Gasteiger partial charge on any atom is -0.312 e. The molecule has 0 spiro atoms. The van der Waals surface area contributed by atoms with Crippen molar-refractivity contribution in [3.63, 3.8) is 0 Å². The van der Waals surface area contributed by atoms with Crippen LogP contribution in [0.4, 0.5) is 4.39 Å². The van der Waals surface area contributed by atoms with Gasteiger partial charge in [0.15, 0.2) is 5.65 Å². The molecule has 0 radical (unpaired) electrons. The molecule has 0 saturated heterocycles. The normalized spacial score (nSPS) is 12.0. The van der Waals surface area contributed by atoms with E-state index < -0.39 is 0 Å². The highest BCUT2D eigenvalue weighted by atomic mass is 19.1. The first-order chi connectivity index (χ1) is 10.4. The maximum absolute atomic E-state index is 13.4. The fourth-order valence-corrected chi connectivity index (χ4v) is 2.61. The van der Waals surface area contributed by atoms with Crippen molar-refractivity contribution < 1.29 is 4.39 Å². The van der Waals surface area contributed by atoms with Gasteiger partial charge in [0.05, 0.1) is 0 Å². The lowest BCUT2D eigenvalue weighted by Gasteiger charge is -2.21. The zero-order chi connectivity index (χ0) is 15.7. The topological polar surface area (TPSA) is 30.7 Å². The molecule has 0 fully saturated rings. The quantitative estimate of drug-likeness (QED) is 0.725. The van der Waals surface area contributed by atoms with E-state index in [1.54, 1.807) is 18.3 Å². The summed E-state index contributed by atoms with van der Waals surface area (Å²) < 4.78 is 15.6. The molecule has 4 heteroatoms. The molecule has 0 saturated carbocycles. The first-order valence-electron chi connectivity index (χ1n) is 7.47. The third-order valence-electron chi connectivity index (χ3n) is 3.47. The molecule has 0 bridgehead atoms. The third-order valence-corrected chi connectivity index (χ3v) is 3.47. The van der Waals surface area contributed by atoms with Gasteiger partial charge in [0.2, 0.25) is 0 Å². The summed E-state index contributed by atoms with van der Waals surface area (Å²) in [5.41, 5.74) is 2.81. The van der Waals surface area contributed by atoms with E-state index in [0.717, 1.165) is 29.1 Å². The Bertz CT molecular complexity index is 799. The number of pyridine rings is 1. The molecule has 0 atom stereocenters. The minimum absolute atomic E-state index is 0.113. The second kappa shape index (κ2) is 5.52. The summed E-state index contributed by atoms with van der Waals surface area (Å²) in [5.74, 6) is 0.711. The van der Waals surface area contributed by atoms with E-state index in [9.17, 15) is 4.39 Å². The van der Waals surface area contributed by atoms with Gasteiger partial charge in [-0.25, -0.2) is 14.4 Å².